The van der Waals surface area contributed by atoms with Crippen LogP contribution in [0.25, 0.3) is 5.57 Å². The summed E-state index contributed by atoms with van der Waals surface area (Å²) in [6.45, 7) is 6.64. The van der Waals surface area contributed by atoms with Crippen LogP contribution in [0.15, 0.2) is 60.2 Å². The summed E-state index contributed by atoms with van der Waals surface area (Å²) in [6, 6.07) is 17.6. The van der Waals surface area contributed by atoms with Gasteiger partial charge in [-0.15, -0.1) is 0 Å². The smallest absolute Gasteiger partial charge is 0.251 e. The molecule has 2 aliphatic rings. The molecule has 0 radical (unpaired) electrons. The Morgan fingerprint density at radius 1 is 0.950 bits per heavy atom. The molecule has 3 aromatic carbocycles. The number of aryl methyl sites for hydroxylation is 2. The van der Waals surface area contributed by atoms with E-state index in [1.54, 1.807) is 6.07 Å². The van der Waals surface area contributed by atoms with Crippen LogP contribution in [-0.4, -0.2) is 43.2 Å². The fourth-order valence-electron chi connectivity index (χ4n) is 4.92. The molecular weight excluding hydrogens is 567 g/mol. The maximum atomic E-state index is 13.9. The minimum atomic E-state index is 0.0585. The number of amides is 1. The van der Waals surface area contributed by atoms with E-state index in [1.165, 1.54) is 0 Å². The van der Waals surface area contributed by atoms with E-state index in [1.807, 2.05) is 67.3 Å². The molecule has 5 rings (SSSR count). The van der Waals surface area contributed by atoms with Gasteiger partial charge in [0, 0.05) is 24.7 Å². The van der Waals surface area contributed by atoms with Crippen molar-refractivity contribution in [2.75, 3.05) is 26.3 Å². The molecule has 1 fully saturated rings. The molecule has 0 unspecified atom stereocenters. The van der Waals surface area contributed by atoms with Crippen LogP contribution < -0.4 is 14.8 Å². The number of carbonyl (C=O) groups is 1. The van der Waals surface area contributed by atoms with Gasteiger partial charge in [-0.3, -0.25) is 4.79 Å². The number of nitrogens with zero attached hydrogens (tertiary/aromatic N) is 1. The van der Waals surface area contributed by atoms with Crippen LogP contribution in [0.2, 0.25) is 15.1 Å². The van der Waals surface area contributed by atoms with Crippen LogP contribution >= 0.6 is 34.8 Å². The lowest BCUT2D eigenvalue weighted by Gasteiger charge is -2.28. The monoisotopic (exact) mass is 598 g/mol. The second-order valence-corrected chi connectivity index (χ2v) is 11.5. The molecule has 1 saturated carbocycles. The standard InChI is InChI=1S/C32H33Cl3N2O3/c1-20-16-29(34)30(17-21(20)2)40-15-14-39-25-10-6-22(7-11-25)26-12-13-36-18-27(26)32(38)37(24-8-9-24)19-23-4-3-5-28(33)31(23)35/h3-7,10-11,16-17,24,36H,8-9,12-15,18-19H2,1-2H3. The summed E-state index contributed by atoms with van der Waals surface area (Å²) in [6.07, 6.45) is 2.79. The molecule has 0 spiro atoms. The van der Waals surface area contributed by atoms with Crippen molar-refractivity contribution in [2.45, 2.75) is 45.7 Å². The van der Waals surface area contributed by atoms with E-state index in [4.69, 9.17) is 44.3 Å². The van der Waals surface area contributed by atoms with Crippen molar-refractivity contribution in [3.8, 4) is 11.5 Å². The average Bonchev–Trinajstić information content (AvgIpc) is 3.80. The number of rotatable bonds is 10. The van der Waals surface area contributed by atoms with Gasteiger partial charge in [0.2, 0.25) is 0 Å². The summed E-state index contributed by atoms with van der Waals surface area (Å²) in [5.41, 5.74) is 6.05. The molecule has 1 heterocycles. The summed E-state index contributed by atoms with van der Waals surface area (Å²) in [5.74, 6) is 1.47. The Morgan fingerprint density at radius 2 is 1.68 bits per heavy atom. The van der Waals surface area contributed by atoms with Gasteiger partial charge in [-0.2, -0.15) is 0 Å². The number of benzene rings is 3. The van der Waals surface area contributed by atoms with Crippen molar-refractivity contribution in [1.29, 1.82) is 0 Å². The second-order valence-electron chi connectivity index (χ2n) is 10.3. The molecule has 1 aliphatic carbocycles. The third-order valence-electron chi connectivity index (χ3n) is 7.46. The summed E-state index contributed by atoms with van der Waals surface area (Å²) in [7, 11) is 0. The zero-order chi connectivity index (χ0) is 28.2. The van der Waals surface area contributed by atoms with Crippen LogP contribution in [0, 0.1) is 13.8 Å². The van der Waals surface area contributed by atoms with Crippen molar-refractivity contribution >= 4 is 46.3 Å². The third kappa shape index (κ3) is 6.77. The molecule has 1 N–H and O–H groups in total. The summed E-state index contributed by atoms with van der Waals surface area (Å²) in [4.78, 5) is 15.8. The van der Waals surface area contributed by atoms with Crippen LogP contribution in [-0.2, 0) is 11.3 Å². The number of halogens is 3. The Bertz CT molecular complexity index is 1420. The molecule has 210 valence electrons. The molecule has 0 saturated heterocycles. The van der Waals surface area contributed by atoms with E-state index in [-0.39, 0.29) is 11.9 Å². The van der Waals surface area contributed by atoms with Crippen LogP contribution in [0.1, 0.15) is 41.5 Å². The van der Waals surface area contributed by atoms with Crippen molar-refractivity contribution in [1.82, 2.24) is 10.2 Å². The molecule has 1 amide bonds. The molecule has 3 aromatic rings. The van der Waals surface area contributed by atoms with Gasteiger partial charge in [-0.25, -0.2) is 0 Å². The maximum Gasteiger partial charge on any atom is 0.251 e. The Kier molecular flexibility index (Phi) is 9.27. The molecule has 5 nitrogen and oxygen atoms in total. The SMILES string of the molecule is Cc1cc(Cl)c(OCCOc2ccc(C3=C(C(=O)N(Cc4cccc(Cl)c4Cl)C4CC4)CNCC3)cc2)cc1C. The molecule has 8 heteroatoms. The van der Waals surface area contributed by atoms with Crippen LogP contribution in [0.3, 0.4) is 0 Å². The number of carbonyl (C=O) groups excluding carboxylic acids is 1. The molecular formula is C32H33Cl3N2O3. The zero-order valence-corrected chi connectivity index (χ0v) is 25.0. The molecule has 0 bridgehead atoms. The Balaban J connectivity index is 1.26. The maximum absolute atomic E-state index is 13.9. The van der Waals surface area contributed by atoms with E-state index in [2.05, 4.69) is 5.32 Å². The largest absolute Gasteiger partial charge is 0.490 e. The number of nitrogens with one attached hydrogen (secondary N) is 1. The molecule has 40 heavy (non-hydrogen) atoms. The Labute approximate surface area is 251 Å². The van der Waals surface area contributed by atoms with Crippen LogP contribution in [0.4, 0.5) is 0 Å². The van der Waals surface area contributed by atoms with E-state index >= 15 is 0 Å². The van der Waals surface area contributed by atoms with E-state index < -0.39 is 0 Å². The van der Waals surface area contributed by atoms with Crippen molar-refractivity contribution in [3.63, 3.8) is 0 Å². The summed E-state index contributed by atoms with van der Waals surface area (Å²) < 4.78 is 11.7. The van der Waals surface area contributed by atoms with Gasteiger partial charge >= 0.3 is 0 Å². The van der Waals surface area contributed by atoms with Gasteiger partial charge in [0.05, 0.1) is 15.1 Å². The molecule has 1 aliphatic heterocycles. The highest BCUT2D eigenvalue weighted by molar-refractivity contribution is 6.42. The number of hydrogen-bond acceptors (Lipinski definition) is 4. The Hall–Kier alpha value is -2.70. The van der Waals surface area contributed by atoms with Crippen molar-refractivity contribution in [2.24, 2.45) is 0 Å². The van der Waals surface area contributed by atoms with Gasteiger partial charge < -0.3 is 19.7 Å². The van der Waals surface area contributed by atoms with Gasteiger partial charge in [-0.05, 0) is 97.8 Å². The first-order valence-electron chi connectivity index (χ1n) is 13.6. The minimum absolute atomic E-state index is 0.0585. The topological polar surface area (TPSA) is 50.8 Å². The van der Waals surface area contributed by atoms with Gasteiger partial charge in [0.15, 0.2) is 0 Å². The fourth-order valence-corrected chi connectivity index (χ4v) is 5.57. The predicted octanol–water partition coefficient (Wildman–Crippen LogP) is 7.66. The summed E-state index contributed by atoms with van der Waals surface area (Å²) in [5, 5.41) is 5.00. The Morgan fingerprint density at radius 3 is 2.42 bits per heavy atom. The van der Waals surface area contributed by atoms with Gasteiger partial charge in [0.1, 0.15) is 24.7 Å². The lowest BCUT2D eigenvalue weighted by Crippen LogP contribution is -2.39. The zero-order valence-electron chi connectivity index (χ0n) is 22.7. The van der Waals surface area contributed by atoms with E-state index in [9.17, 15) is 4.79 Å². The van der Waals surface area contributed by atoms with Crippen molar-refractivity contribution in [3.05, 3.63) is 97.5 Å². The lowest BCUT2D eigenvalue weighted by atomic mass is 9.93. The highest BCUT2D eigenvalue weighted by atomic mass is 35.5. The number of ether oxygens (including phenoxy) is 2. The molecule has 0 atom stereocenters. The molecule has 0 aromatic heterocycles. The van der Waals surface area contributed by atoms with E-state index in [0.29, 0.717) is 47.1 Å². The van der Waals surface area contributed by atoms with Gasteiger partial charge in [0.25, 0.3) is 5.91 Å². The van der Waals surface area contributed by atoms with Crippen molar-refractivity contribution < 1.29 is 14.3 Å². The quantitative estimate of drug-likeness (QED) is 0.243. The average molecular weight is 600 g/mol. The summed E-state index contributed by atoms with van der Waals surface area (Å²) >= 11 is 19.0. The first kappa shape index (κ1) is 28.8. The number of hydrogen-bond donors (Lipinski definition) is 1. The fraction of sp³-hybridized carbons (Fsp3) is 0.344. The minimum Gasteiger partial charge on any atom is -0.490 e. The normalized spacial score (nSPS) is 15.2. The van der Waals surface area contributed by atoms with Gasteiger partial charge in [-0.1, -0.05) is 59.1 Å². The highest BCUT2D eigenvalue weighted by Crippen LogP contribution is 2.35. The van der Waals surface area contributed by atoms with E-state index in [0.717, 1.165) is 65.0 Å². The predicted molar refractivity (Wildman–Crippen MR) is 163 cm³/mol. The first-order valence-corrected chi connectivity index (χ1v) is 14.7. The lowest BCUT2D eigenvalue weighted by molar-refractivity contribution is -0.128. The third-order valence-corrected chi connectivity index (χ3v) is 8.61. The highest BCUT2D eigenvalue weighted by Gasteiger charge is 2.35. The van der Waals surface area contributed by atoms with Crippen LogP contribution in [0.5, 0.6) is 11.5 Å². The second kappa shape index (κ2) is 12.9. The first-order chi connectivity index (χ1) is 19.3.